The van der Waals surface area contributed by atoms with Gasteiger partial charge in [-0.05, 0) is 31.2 Å². The second kappa shape index (κ2) is 6.69. The molecule has 2 aliphatic heterocycles. The molecule has 1 aromatic rings. The van der Waals surface area contributed by atoms with Crippen molar-refractivity contribution in [1.82, 2.24) is 4.90 Å². The minimum Gasteiger partial charge on any atom is -0.467 e. The number of nitro groups is 1. The predicted molar refractivity (Wildman–Crippen MR) is 88.7 cm³/mol. The number of nitro benzene ring substituents is 1. The third-order valence-electron chi connectivity index (χ3n) is 5.75. The summed E-state index contributed by atoms with van der Waals surface area (Å²) in [5.74, 6) is 2.47. The Hall–Kier alpha value is -1.66. The van der Waals surface area contributed by atoms with Gasteiger partial charge in [-0.15, -0.1) is 0 Å². The standard InChI is InChI=1S/C18H24N2O4/c21-20(22)17-7-15(18-16(8-17)11-23-12-24-18)10-19-6-5-13-3-1-2-4-14(13)9-19/h7-8,13-14H,1-6,9-12H2. The molecule has 2 unspecified atom stereocenters. The highest BCUT2D eigenvalue weighted by Gasteiger charge is 2.32. The number of rotatable bonds is 3. The Morgan fingerprint density at radius 3 is 2.88 bits per heavy atom. The van der Waals surface area contributed by atoms with Crippen molar-refractivity contribution < 1.29 is 14.4 Å². The minimum atomic E-state index is -0.328. The number of piperidine rings is 1. The maximum atomic E-state index is 11.2. The van der Waals surface area contributed by atoms with Crippen LogP contribution in [0.5, 0.6) is 5.75 Å². The van der Waals surface area contributed by atoms with Crippen LogP contribution in [0.4, 0.5) is 5.69 Å². The van der Waals surface area contributed by atoms with Crippen LogP contribution in [-0.2, 0) is 17.9 Å². The molecule has 130 valence electrons. The molecule has 0 amide bonds. The Labute approximate surface area is 141 Å². The number of benzene rings is 1. The van der Waals surface area contributed by atoms with Crippen LogP contribution in [-0.4, -0.2) is 29.7 Å². The van der Waals surface area contributed by atoms with Crippen LogP contribution in [0.2, 0.25) is 0 Å². The van der Waals surface area contributed by atoms with E-state index in [-0.39, 0.29) is 17.4 Å². The first-order valence-electron chi connectivity index (χ1n) is 8.94. The molecule has 0 aromatic heterocycles. The molecule has 2 atom stereocenters. The molecule has 0 bridgehead atoms. The largest absolute Gasteiger partial charge is 0.467 e. The number of hydrogen-bond donors (Lipinski definition) is 0. The summed E-state index contributed by atoms with van der Waals surface area (Å²) >= 11 is 0. The Balaban J connectivity index is 1.55. The summed E-state index contributed by atoms with van der Waals surface area (Å²) in [5, 5.41) is 11.2. The fraction of sp³-hybridized carbons (Fsp3) is 0.667. The van der Waals surface area contributed by atoms with Crippen LogP contribution in [0.1, 0.15) is 43.2 Å². The van der Waals surface area contributed by atoms with Crippen LogP contribution in [0, 0.1) is 22.0 Å². The van der Waals surface area contributed by atoms with Gasteiger partial charge in [0.05, 0.1) is 11.5 Å². The lowest BCUT2D eigenvalue weighted by Crippen LogP contribution is -2.41. The van der Waals surface area contributed by atoms with Crippen LogP contribution in [0.15, 0.2) is 12.1 Å². The van der Waals surface area contributed by atoms with Crippen molar-refractivity contribution in [2.45, 2.75) is 45.3 Å². The van der Waals surface area contributed by atoms with Gasteiger partial charge in [0, 0.05) is 36.3 Å². The van der Waals surface area contributed by atoms with E-state index in [1.54, 1.807) is 12.1 Å². The predicted octanol–water partition coefficient (Wildman–Crippen LogP) is 3.47. The van der Waals surface area contributed by atoms with E-state index in [0.29, 0.717) is 6.61 Å². The molecule has 2 heterocycles. The number of hydrogen-bond acceptors (Lipinski definition) is 5. The molecule has 1 aromatic carbocycles. The van der Waals surface area contributed by atoms with Gasteiger partial charge in [-0.25, -0.2) is 0 Å². The molecular formula is C18H24N2O4. The average molecular weight is 332 g/mol. The number of non-ortho nitro benzene ring substituents is 1. The van der Waals surface area contributed by atoms with Crippen molar-refractivity contribution in [2.24, 2.45) is 11.8 Å². The van der Waals surface area contributed by atoms with Crippen LogP contribution >= 0.6 is 0 Å². The van der Waals surface area contributed by atoms with Crippen molar-refractivity contribution in [1.29, 1.82) is 0 Å². The Morgan fingerprint density at radius 1 is 1.21 bits per heavy atom. The molecule has 6 heteroatoms. The Kier molecular flexibility index (Phi) is 4.41. The van der Waals surface area contributed by atoms with Crippen molar-refractivity contribution in [3.05, 3.63) is 33.4 Å². The molecule has 1 saturated carbocycles. The highest BCUT2D eigenvalue weighted by molar-refractivity contribution is 5.50. The molecule has 4 rings (SSSR count). The fourth-order valence-corrected chi connectivity index (χ4v) is 4.56. The lowest BCUT2D eigenvalue weighted by Gasteiger charge is -2.41. The molecule has 1 saturated heterocycles. The summed E-state index contributed by atoms with van der Waals surface area (Å²) in [4.78, 5) is 13.4. The average Bonchev–Trinajstić information content (AvgIpc) is 2.61. The maximum absolute atomic E-state index is 11.2. The second-order valence-corrected chi connectivity index (χ2v) is 7.29. The zero-order valence-electron chi connectivity index (χ0n) is 13.9. The van der Waals surface area contributed by atoms with E-state index in [4.69, 9.17) is 9.47 Å². The quantitative estimate of drug-likeness (QED) is 0.626. The van der Waals surface area contributed by atoms with Gasteiger partial charge in [0.15, 0.2) is 6.79 Å². The Morgan fingerprint density at radius 2 is 2.04 bits per heavy atom. The molecule has 0 N–H and O–H groups in total. The van der Waals surface area contributed by atoms with Gasteiger partial charge in [0.1, 0.15) is 5.75 Å². The second-order valence-electron chi connectivity index (χ2n) is 7.29. The van der Waals surface area contributed by atoms with Gasteiger partial charge >= 0.3 is 0 Å². The number of likely N-dealkylation sites (tertiary alicyclic amines) is 1. The highest BCUT2D eigenvalue weighted by Crippen LogP contribution is 2.38. The minimum absolute atomic E-state index is 0.130. The summed E-state index contributed by atoms with van der Waals surface area (Å²) in [6.07, 6.45) is 6.70. The monoisotopic (exact) mass is 332 g/mol. The summed E-state index contributed by atoms with van der Waals surface area (Å²) in [5.41, 5.74) is 1.85. The normalized spacial score (nSPS) is 27.0. The van der Waals surface area contributed by atoms with Gasteiger partial charge in [0.2, 0.25) is 0 Å². The first kappa shape index (κ1) is 15.8. The van der Waals surface area contributed by atoms with Gasteiger partial charge < -0.3 is 9.47 Å². The Bertz CT molecular complexity index is 634. The number of nitrogens with zero attached hydrogens (tertiary/aromatic N) is 2. The van der Waals surface area contributed by atoms with E-state index in [1.165, 1.54) is 32.1 Å². The summed E-state index contributed by atoms with van der Waals surface area (Å²) in [6.45, 7) is 3.53. The number of fused-ring (bicyclic) bond motifs is 2. The smallest absolute Gasteiger partial charge is 0.270 e. The van der Waals surface area contributed by atoms with E-state index in [9.17, 15) is 10.1 Å². The highest BCUT2D eigenvalue weighted by atomic mass is 16.7. The van der Waals surface area contributed by atoms with Crippen molar-refractivity contribution >= 4 is 5.69 Å². The van der Waals surface area contributed by atoms with Crippen LogP contribution in [0.3, 0.4) is 0 Å². The molecular weight excluding hydrogens is 308 g/mol. The van der Waals surface area contributed by atoms with E-state index < -0.39 is 0 Å². The molecule has 0 radical (unpaired) electrons. The SMILES string of the molecule is O=[N+]([O-])c1cc2c(c(CN3CCC4CCCCC4C3)c1)OCOC2. The lowest BCUT2D eigenvalue weighted by atomic mass is 9.75. The summed E-state index contributed by atoms with van der Waals surface area (Å²) in [7, 11) is 0. The lowest BCUT2D eigenvalue weighted by molar-refractivity contribution is -0.385. The van der Waals surface area contributed by atoms with Crippen molar-refractivity contribution in [3.63, 3.8) is 0 Å². The molecule has 6 nitrogen and oxygen atoms in total. The molecule has 3 aliphatic rings. The van der Waals surface area contributed by atoms with Crippen LogP contribution < -0.4 is 4.74 Å². The first-order chi connectivity index (χ1) is 11.7. The zero-order valence-corrected chi connectivity index (χ0v) is 13.9. The van der Waals surface area contributed by atoms with Crippen molar-refractivity contribution in [2.75, 3.05) is 19.9 Å². The van der Waals surface area contributed by atoms with Gasteiger partial charge in [-0.1, -0.05) is 19.3 Å². The third kappa shape index (κ3) is 3.13. The van der Waals surface area contributed by atoms with Gasteiger partial charge in [0.25, 0.3) is 5.69 Å². The van der Waals surface area contributed by atoms with E-state index in [2.05, 4.69) is 4.90 Å². The summed E-state index contributed by atoms with van der Waals surface area (Å²) in [6, 6.07) is 3.25. The van der Waals surface area contributed by atoms with E-state index in [0.717, 1.165) is 48.3 Å². The fourth-order valence-electron chi connectivity index (χ4n) is 4.56. The topological polar surface area (TPSA) is 64.8 Å². The van der Waals surface area contributed by atoms with E-state index >= 15 is 0 Å². The number of ether oxygens (including phenoxy) is 2. The molecule has 0 spiro atoms. The van der Waals surface area contributed by atoms with Gasteiger partial charge in [-0.2, -0.15) is 0 Å². The molecule has 24 heavy (non-hydrogen) atoms. The zero-order chi connectivity index (χ0) is 16.5. The van der Waals surface area contributed by atoms with E-state index in [1.807, 2.05) is 0 Å². The molecule has 1 aliphatic carbocycles. The van der Waals surface area contributed by atoms with Crippen molar-refractivity contribution in [3.8, 4) is 5.75 Å². The first-order valence-corrected chi connectivity index (χ1v) is 8.94. The van der Waals surface area contributed by atoms with Gasteiger partial charge in [-0.3, -0.25) is 15.0 Å². The van der Waals surface area contributed by atoms with Crippen LogP contribution in [0.25, 0.3) is 0 Å². The molecule has 2 fully saturated rings. The third-order valence-corrected chi connectivity index (χ3v) is 5.75. The summed E-state index contributed by atoms with van der Waals surface area (Å²) < 4.78 is 11.0. The maximum Gasteiger partial charge on any atom is 0.270 e.